The van der Waals surface area contributed by atoms with Gasteiger partial charge < -0.3 is 15.2 Å². The number of halogens is 1. The van der Waals surface area contributed by atoms with E-state index in [0.29, 0.717) is 13.2 Å². The van der Waals surface area contributed by atoms with Crippen LogP contribution >= 0.6 is 11.8 Å². The van der Waals surface area contributed by atoms with E-state index in [-0.39, 0.29) is 5.82 Å². The molecule has 0 aliphatic heterocycles. The zero-order chi connectivity index (χ0) is 21.6. The Morgan fingerprint density at radius 3 is 2.37 bits per heavy atom. The summed E-state index contributed by atoms with van der Waals surface area (Å²) < 4.78 is 17.8. The minimum absolute atomic E-state index is 0.259. The first-order chi connectivity index (χ1) is 14.3. The topological polar surface area (TPSA) is 58.6 Å². The maximum Gasteiger partial charge on any atom is 0.319 e. The van der Waals surface area contributed by atoms with Crippen molar-refractivity contribution >= 4 is 23.4 Å². The van der Waals surface area contributed by atoms with Crippen LogP contribution in [0.1, 0.15) is 25.0 Å². The molecule has 4 nitrogen and oxygen atoms in total. The summed E-state index contributed by atoms with van der Waals surface area (Å²) in [7, 11) is 0. The minimum atomic E-state index is -0.887. The Hall–Kier alpha value is -2.99. The van der Waals surface area contributed by atoms with Crippen molar-refractivity contribution in [3.63, 3.8) is 0 Å². The van der Waals surface area contributed by atoms with Crippen LogP contribution in [0.15, 0.2) is 77.7 Å². The molecule has 0 unspecified atom stereocenters. The van der Waals surface area contributed by atoms with E-state index in [1.807, 2.05) is 48.5 Å². The van der Waals surface area contributed by atoms with E-state index in [0.717, 1.165) is 27.5 Å². The summed E-state index contributed by atoms with van der Waals surface area (Å²) in [6.45, 7) is 4.41. The lowest BCUT2D eigenvalue weighted by atomic mass is 10.2. The van der Waals surface area contributed by atoms with Crippen LogP contribution in [0.25, 0.3) is 0 Å². The van der Waals surface area contributed by atoms with Crippen molar-refractivity contribution in [3.8, 4) is 5.75 Å². The Bertz CT molecular complexity index is 988. The third-order valence-corrected chi connectivity index (χ3v) is 5.64. The lowest BCUT2D eigenvalue weighted by molar-refractivity contribution is -0.138. The lowest BCUT2D eigenvalue weighted by Gasteiger charge is -2.18. The predicted octanol–water partition coefficient (Wildman–Crippen LogP) is 5.97. The highest BCUT2D eigenvalue weighted by atomic mass is 32.2. The quantitative estimate of drug-likeness (QED) is 0.414. The fraction of sp³-hybridized carbons (Fsp3) is 0.208. The number of carboxylic acid groups (broad SMARTS) is 1. The van der Waals surface area contributed by atoms with E-state index in [2.05, 4.69) is 5.32 Å². The summed E-state index contributed by atoms with van der Waals surface area (Å²) in [6.07, 6.45) is 0. The van der Waals surface area contributed by atoms with Gasteiger partial charge in [-0.2, -0.15) is 0 Å². The number of nitrogens with one attached hydrogen (secondary N) is 1. The summed E-state index contributed by atoms with van der Waals surface area (Å²) in [5.74, 6) is -0.352. The molecule has 30 heavy (non-hydrogen) atoms. The van der Waals surface area contributed by atoms with Crippen LogP contribution in [0.4, 0.5) is 10.1 Å². The number of hydrogen-bond acceptors (Lipinski definition) is 4. The van der Waals surface area contributed by atoms with Crippen LogP contribution in [0.3, 0.4) is 0 Å². The third-order valence-electron chi connectivity index (χ3n) is 4.46. The highest BCUT2D eigenvalue weighted by molar-refractivity contribution is 8.01. The SMILES string of the molecule is CC(C)(Sc1cccc(NCc2ccc(OCc3ccc(F)cc3)cc2)c1)C(=O)O. The number of carbonyl (C=O) groups is 1. The molecular weight excluding hydrogens is 401 g/mol. The number of ether oxygens (including phenoxy) is 1. The molecule has 3 aromatic rings. The van der Waals surface area contributed by atoms with E-state index in [4.69, 9.17) is 4.74 Å². The van der Waals surface area contributed by atoms with Gasteiger partial charge in [-0.15, -0.1) is 11.8 Å². The number of anilines is 1. The second-order valence-corrected chi connectivity index (χ2v) is 9.05. The largest absolute Gasteiger partial charge is 0.489 e. The van der Waals surface area contributed by atoms with Gasteiger partial charge >= 0.3 is 5.97 Å². The van der Waals surface area contributed by atoms with Crippen molar-refractivity contribution in [2.45, 2.75) is 36.6 Å². The Morgan fingerprint density at radius 1 is 1.03 bits per heavy atom. The Kier molecular flexibility index (Phi) is 7.00. The fourth-order valence-corrected chi connectivity index (χ4v) is 3.67. The molecular formula is C24H24FNO3S. The molecule has 2 N–H and O–H groups in total. The average molecular weight is 426 g/mol. The number of thioether (sulfide) groups is 1. The molecule has 0 heterocycles. The molecule has 156 valence electrons. The molecule has 0 saturated carbocycles. The molecule has 0 spiro atoms. The van der Waals surface area contributed by atoms with Crippen LogP contribution in [0, 0.1) is 5.82 Å². The van der Waals surface area contributed by atoms with Crippen LogP contribution < -0.4 is 10.1 Å². The van der Waals surface area contributed by atoms with Crippen LogP contribution in [0.5, 0.6) is 5.75 Å². The molecule has 6 heteroatoms. The molecule has 0 aromatic heterocycles. The normalized spacial score (nSPS) is 11.2. The Balaban J connectivity index is 1.53. The van der Waals surface area contributed by atoms with Crippen LogP contribution in [-0.4, -0.2) is 15.8 Å². The Labute approximate surface area is 180 Å². The number of hydrogen-bond donors (Lipinski definition) is 2. The molecule has 0 aliphatic carbocycles. The van der Waals surface area contributed by atoms with Gasteiger partial charge in [-0.1, -0.05) is 30.3 Å². The monoisotopic (exact) mass is 425 g/mol. The molecule has 0 fully saturated rings. The average Bonchev–Trinajstić information content (AvgIpc) is 2.72. The summed E-state index contributed by atoms with van der Waals surface area (Å²) >= 11 is 1.32. The van der Waals surface area contributed by atoms with Gasteiger partial charge in [0.1, 0.15) is 22.9 Å². The van der Waals surface area contributed by atoms with Gasteiger partial charge in [-0.05, 0) is 67.4 Å². The van der Waals surface area contributed by atoms with Gasteiger partial charge in [0, 0.05) is 17.1 Å². The zero-order valence-electron chi connectivity index (χ0n) is 16.9. The Morgan fingerprint density at radius 2 is 1.70 bits per heavy atom. The lowest BCUT2D eigenvalue weighted by Crippen LogP contribution is -2.26. The van der Waals surface area contributed by atoms with E-state index in [1.165, 1.54) is 23.9 Å². The molecule has 0 aliphatic rings. The molecule has 0 bridgehead atoms. The van der Waals surface area contributed by atoms with E-state index < -0.39 is 10.7 Å². The molecule has 3 rings (SSSR count). The predicted molar refractivity (Wildman–Crippen MR) is 119 cm³/mol. The molecule has 0 atom stereocenters. The standard InChI is InChI=1S/C24H24FNO3S/c1-24(2,23(27)28)30-22-5-3-4-20(14-22)26-15-17-8-12-21(13-9-17)29-16-18-6-10-19(25)11-7-18/h3-14,26H,15-16H2,1-2H3,(H,27,28). The number of aliphatic carboxylic acids is 1. The van der Waals surface area contributed by atoms with Crippen molar-refractivity contribution in [2.75, 3.05) is 5.32 Å². The first-order valence-electron chi connectivity index (χ1n) is 9.54. The fourth-order valence-electron chi connectivity index (χ4n) is 2.66. The highest BCUT2D eigenvalue weighted by Crippen LogP contribution is 2.33. The summed E-state index contributed by atoms with van der Waals surface area (Å²) in [4.78, 5) is 12.2. The van der Waals surface area contributed by atoms with Gasteiger partial charge in [-0.3, -0.25) is 4.79 Å². The first kappa shape index (κ1) is 21.7. The van der Waals surface area contributed by atoms with Crippen molar-refractivity contribution in [1.82, 2.24) is 0 Å². The van der Waals surface area contributed by atoms with Gasteiger partial charge in [0.05, 0.1) is 0 Å². The smallest absolute Gasteiger partial charge is 0.319 e. The van der Waals surface area contributed by atoms with Gasteiger partial charge in [0.15, 0.2) is 0 Å². The van der Waals surface area contributed by atoms with Crippen molar-refractivity contribution in [3.05, 3.63) is 89.7 Å². The van der Waals surface area contributed by atoms with Crippen LogP contribution in [-0.2, 0) is 17.9 Å². The van der Waals surface area contributed by atoms with Gasteiger partial charge in [-0.25, -0.2) is 4.39 Å². The van der Waals surface area contributed by atoms with Crippen molar-refractivity contribution in [2.24, 2.45) is 0 Å². The molecule has 0 amide bonds. The van der Waals surface area contributed by atoms with E-state index in [1.54, 1.807) is 26.0 Å². The van der Waals surface area contributed by atoms with Crippen molar-refractivity contribution < 1.29 is 19.0 Å². The van der Waals surface area contributed by atoms with Crippen LogP contribution in [0.2, 0.25) is 0 Å². The summed E-state index contributed by atoms with van der Waals surface area (Å²) in [5, 5.41) is 12.7. The minimum Gasteiger partial charge on any atom is -0.489 e. The number of rotatable bonds is 9. The van der Waals surface area contributed by atoms with Crippen molar-refractivity contribution in [1.29, 1.82) is 0 Å². The second-order valence-electron chi connectivity index (χ2n) is 7.36. The molecule has 0 saturated heterocycles. The van der Waals surface area contributed by atoms with E-state index >= 15 is 0 Å². The summed E-state index contributed by atoms with van der Waals surface area (Å²) in [6, 6.07) is 21.8. The maximum atomic E-state index is 12.9. The van der Waals surface area contributed by atoms with Gasteiger partial charge in [0.25, 0.3) is 0 Å². The number of carboxylic acids is 1. The number of benzene rings is 3. The highest BCUT2D eigenvalue weighted by Gasteiger charge is 2.28. The zero-order valence-corrected chi connectivity index (χ0v) is 17.7. The maximum absolute atomic E-state index is 12.9. The molecule has 0 radical (unpaired) electrons. The second kappa shape index (κ2) is 9.67. The third kappa shape index (κ3) is 6.26. The van der Waals surface area contributed by atoms with Gasteiger partial charge in [0.2, 0.25) is 0 Å². The first-order valence-corrected chi connectivity index (χ1v) is 10.4. The molecule has 3 aromatic carbocycles. The van der Waals surface area contributed by atoms with E-state index in [9.17, 15) is 14.3 Å². The summed E-state index contributed by atoms with van der Waals surface area (Å²) in [5.41, 5.74) is 2.93.